The molecule has 4 aromatic rings. The van der Waals surface area contributed by atoms with E-state index in [0.717, 1.165) is 17.3 Å². The summed E-state index contributed by atoms with van der Waals surface area (Å²) in [6.45, 7) is 0. The first kappa shape index (κ1) is 23.9. The van der Waals surface area contributed by atoms with Crippen molar-refractivity contribution in [3.05, 3.63) is 98.4 Å². The molecule has 0 bridgehead atoms. The van der Waals surface area contributed by atoms with Crippen molar-refractivity contribution in [1.29, 1.82) is 0 Å². The van der Waals surface area contributed by atoms with E-state index in [0.29, 0.717) is 21.5 Å². The number of hydrogen-bond donors (Lipinski definition) is 1. The lowest BCUT2D eigenvalue weighted by Crippen LogP contribution is -2.09. The normalized spacial score (nSPS) is 10.8. The van der Waals surface area contributed by atoms with E-state index in [4.69, 9.17) is 21.1 Å². The molecule has 0 aliphatic heterocycles. The minimum atomic E-state index is -0.740. The van der Waals surface area contributed by atoms with Crippen LogP contribution in [0.5, 0.6) is 11.5 Å². The molecule has 35 heavy (non-hydrogen) atoms. The summed E-state index contributed by atoms with van der Waals surface area (Å²) in [4.78, 5) is 27.3. The third-order valence-corrected chi connectivity index (χ3v) is 5.70. The number of methoxy groups -OCH3 is 1. The fourth-order valence-electron chi connectivity index (χ4n) is 2.99. The van der Waals surface area contributed by atoms with E-state index in [2.05, 4.69) is 15.5 Å². The number of hydrazone groups is 1. The number of anilines is 1. The summed E-state index contributed by atoms with van der Waals surface area (Å²) in [6, 6.07) is 17.6. The van der Waals surface area contributed by atoms with Crippen LogP contribution < -0.4 is 14.9 Å². The van der Waals surface area contributed by atoms with Crippen molar-refractivity contribution in [2.45, 2.75) is 0 Å². The second-order valence-electron chi connectivity index (χ2n) is 7.02. The van der Waals surface area contributed by atoms with Crippen molar-refractivity contribution in [2.75, 3.05) is 12.5 Å². The number of hydrogen-bond acceptors (Lipinski definition) is 9. The van der Waals surface area contributed by atoms with Crippen LogP contribution in [0.1, 0.15) is 15.9 Å². The van der Waals surface area contributed by atoms with Gasteiger partial charge < -0.3 is 9.47 Å². The Labute approximate surface area is 208 Å². The van der Waals surface area contributed by atoms with Gasteiger partial charge >= 0.3 is 5.97 Å². The largest absolute Gasteiger partial charge is 0.493 e. The summed E-state index contributed by atoms with van der Waals surface area (Å²) in [6.07, 6.45) is 1.57. The number of thiazole rings is 1. The average molecular weight is 509 g/mol. The number of rotatable bonds is 8. The summed E-state index contributed by atoms with van der Waals surface area (Å²) in [5.41, 5.74) is 5.17. The van der Waals surface area contributed by atoms with E-state index in [1.165, 1.54) is 36.6 Å². The molecule has 1 heterocycles. The number of halogens is 1. The maximum absolute atomic E-state index is 12.4. The molecule has 0 aliphatic carbocycles. The molecular formula is C24H17ClN4O5S. The van der Waals surface area contributed by atoms with Gasteiger partial charge in [-0.2, -0.15) is 5.10 Å². The number of nitrogens with one attached hydrogen (secondary N) is 1. The molecule has 1 N–H and O–H groups in total. The number of nitro benzene ring substituents is 1. The first-order chi connectivity index (χ1) is 16.9. The molecule has 11 heteroatoms. The molecule has 0 aliphatic rings. The van der Waals surface area contributed by atoms with Gasteiger partial charge in [-0.15, -0.1) is 11.3 Å². The quantitative estimate of drug-likeness (QED) is 0.101. The smallest absolute Gasteiger partial charge is 0.343 e. The van der Waals surface area contributed by atoms with E-state index in [1.54, 1.807) is 36.5 Å². The van der Waals surface area contributed by atoms with Crippen LogP contribution in [0.25, 0.3) is 11.3 Å². The molecule has 0 saturated carbocycles. The molecule has 176 valence electrons. The number of esters is 1. The van der Waals surface area contributed by atoms with Crippen LogP contribution in [0.2, 0.25) is 5.02 Å². The Balaban J connectivity index is 1.42. The average Bonchev–Trinajstić information content (AvgIpc) is 3.34. The predicted molar refractivity (Wildman–Crippen MR) is 135 cm³/mol. The minimum Gasteiger partial charge on any atom is -0.493 e. The van der Waals surface area contributed by atoms with E-state index >= 15 is 0 Å². The van der Waals surface area contributed by atoms with Crippen molar-refractivity contribution in [2.24, 2.45) is 5.10 Å². The number of carbonyl (C=O) groups is 1. The summed E-state index contributed by atoms with van der Waals surface area (Å²) in [5, 5.41) is 18.3. The second-order valence-corrected chi connectivity index (χ2v) is 8.32. The minimum absolute atomic E-state index is 0.0532. The highest BCUT2D eigenvalue weighted by molar-refractivity contribution is 7.14. The van der Waals surface area contributed by atoms with Gasteiger partial charge in [0.15, 0.2) is 11.5 Å². The van der Waals surface area contributed by atoms with Gasteiger partial charge in [0, 0.05) is 28.1 Å². The number of nitrogens with zero attached hydrogens (tertiary/aromatic N) is 3. The van der Waals surface area contributed by atoms with Crippen LogP contribution in [0, 0.1) is 10.1 Å². The van der Waals surface area contributed by atoms with Crippen LogP contribution in [-0.2, 0) is 0 Å². The van der Waals surface area contributed by atoms with Crippen LogP contribution >= 0.6 is 22.9 Å². The van der Waals surface area contributed by atoms with Gasteiger partial charge in [-0.05, 0) is 42.0 Å². The fraction of sp³-hybridized carbons (Fsp3) is 0.0417. The molecule has 0 unspecified atom stereocenters. The Morgan fingerprint density at radius 1 is 1.14 bits per heavy atom. The highest BCUT2D eigenvalue weighted by atomic mass is 35.5. The molecule has 3 aromatic carbocycles. The lowest BCUT2D eigenvalue weighted by atomic mass is 10.2. The molecule has 4 rings (SSSR count). The van der Waals surface area contributed by atoms with E-state index in [1.807, 2.05) is 17.5 Å². The van der Waals surface area contributed by atoms with Crippen LogP contribution in [0.3, 0.4) is 0 Å². The lowest BCUT2D eigenvalue weighted by Gasteiger charge is -2.10. The fourth-order valence-corrected chi connectivity index (χ4v) is 3.79. The van der Waals surface area contributed by atoms with Crippen LogP contribution in [0.4, 0.5) is 10.8 Å². The molecule has 0 fully saturated rings. The summed E-state index contributed by atoms with van der Waals surface area (Å²) >= 11 is 7.33. The maximum atomic E-state index is 12.4. The first-order valence-corrected chi connectivity index (χ1v) is 11.3. The van der Waals surface area contributed by atoms with Gasteiger partial charge in [-0.1, -0.05) is 29.8 Å². The van der Waals surface area contributed by atoms with Gasteiger partial charge in [-0.25, -0.2) is 9.78 Å². The zero-order valence-corrected chi connectivity index (χ0v) is 19.7. The highest BCUT2D eigenvalue weighted by Crippen LogP contribution is 2.29. The number of ether oxygens (including phenoxy) is 2. The van der Waals surface area contributed by atoms with Crippen molar-refractivity contribution in [3.8, 4) is 22.8 Å². The Bertz CT molecular complexity index is 1410. The molecule has 1 aromatic heterocycles. The van der Waals surface area contributed by atoms with Gasteiger partial charge in [0.05, 0.1) is 29.5 Å². The van der Waals surface area contributed by atoms with Gasteiger partial charge in [0.1, 0.15) is 0 Å². The molecule has 0 radical (unpaired) electrons. The first-order valence-electron chi connectivity index (χ1n) is 10.1. The van der Waals surface area contributed by atoms with E-state index in [9.17, 15) is 14.9 Å². The van der Waals surface area contributed by atoms with Crippen molar-refractivity contribution in [1.82, 2.24) is 4.98 Å². The summed E-state index contributed by atoms with van der Waals surface area (Å²) < 4.78 is 10.7. The van der Waals surface area contributed by atoms with Crippen molar-refractivity contribution >= 4 is 45.9 Å². The maximum Gasteiger partial charge on any atom is 0.343 e. The Hall–Kier alpha value is -4.28. The van der Waals surface area contributed by atoms with Crippen LogP contribution in [0.15, 0.2) is 77.2 Å². The molecule has 0 atom stereocenters. The summed E-state index contributed by atoms with van der Waals surface area (Å²) in [7, 11) is 1.44. The van der Waals surface area contributed by atoms with Gasteiger partial charge in [-0.3, -0.25) is 15.5 Å². The topological polar surface area (TPSA) is 116 Å². The molecule has 0 spiro atoms. The monoisotopic (exact) mass is 508 g/mol. The summed E-state index contributed by atoms with van der Waals surface area (Å²) in [5.74, 6) is -0.274. The Morgan fingerprint density at radius 3 is 2.69 bits per heavy atom. The number of carbonyl (C=O) groups excluding carboxylic acids is 1. The zero-order valence-electron chi connectivity index (χ0n) is 18.2. The number of aromatic nitrogens is 1. The number of non-ortho nitro benzene ring substituents is 1. The van der Waals surface area contributed by atoms with E-state index < -0.39 is 10.9 Å². The molecule has 9 nitrogen and oxygen atoms in total. The zero-order chi connectivity index (χ0) is 24.8. The van der Waals surface area contributed by atoms with Crippen LogP contribution in [-0.4, -0.2) is 29.2 Å². The van der Waals surface area contributed by atoms with Crippen molar-refractivity contribution in [3.63, 3.8) is 0 Å². The lowest BCUT2D eigenvalue weighted by molar-refractivity contribution is -0.384. The third kappa shape index (κ3) is 5.99. The van der Waals surface area contributed by atoms with Crippen molar-refractivity contribution < 1.29 is 19.2 Å². The molecule has 0 saturated heterocycles. The highest BCUT2D eigenvalue weighted by Gasteiger charge is 2.16. The molecule has 0 amide bonds. The Morgan fingerprint density at radius 2 is 1.94 bits per heavy atom. The number of nitro groups is 1. The predicted octanol–water partition coefficient (Wildman–Crippen LogP) is 6.05. The van der Waals surface area contributed by atoms with E-state index in [-0.39, 0.29) is 17.0 Å². The number of benzene rings is 3. The SMILES string of the molecule is COc1cc(/C=N\Nc2nc(-c3ccc(Cl)cc3)cs2)ccc1OC(=O)c1cccc([N+](=O)[O-])c1. The van der Waals surface area contributed by atoms with Gasteiger partial charge in [0.2, 0.25) is 5.13 Å². The third-order valence-electron chi connectivity index (χ3n) is 4.70. The standard InChI is InChI=1S/C24H17ClN4O5S/c1-33-22-11-15(5-10-21(22)34-23(30)17-3-2-4-19(12-17)29(31)32)13-26-28-24-27-20(14-35-24)16-6-8-18(25)9-7-16/h2-14H,1H3,(H,27,28)/b26-13-. The second kappa shape index (κ2) is 10.8. The molecular weight excluding hydrogens is 492 g/mol. The van der Waals surface area contributed by atoms with Gasteiger partial charge in [0.25, 0.3) is 5.69 Å². The Kier molecular flexibility index (Phi) is 7.34.